The van der Waals surface area contributed by atoms with Crippen molar-refractivity contribution in [1.82, 2.24) is 44.3 Å². The predicted molar refractivity (Wildman–Crippen MR) is 199 cm³/mol. The van der Waals surface area contributed by atoms with Crippen LogP contribution >= 0.6 is 0 Å². The number of aryl methyl sites for hydroxylation is 4. The molecule has 7 rings (SSSR count). The van der Waals surface area contributed by atoms with Crippen LogP contribution in [0.3, 0.4) is 0 Å². The highest BCUT2D eigenvalue weighted by atomic mass is 16.5. The van der Waals surface area contributed by atoms with Crippen molar-refractivity contribution in [2.75, 3.05) is 31.7 Å². The van der Waals surface area contributed by atoms with Crippen LogP contribution in [0.1, 0.15) is 52.6 Å². The van der Waals surface area contributed by atoms with Crippen molar-refractivity contribution >= 4 is 40.8 Å². The molecule has 2 atom stereocenters. The molecule has 4 N–H and O–H groups in total. The first-order valence-electron chi connectivity index (χ1n) is 18.1. The second-order valence-electron chi connectivity index (χ2n) is 13.4. The number of anilines is 1. The topological polar surface area (TPSA) is 202 Å². The molecule has 0 bridgehead atoms. The Balaban J connectivity index is 1.15. The number of carbonyl (C=O) groups excluding carboxylic acids is 3. The van der Waals surface area contributed by atoms with Gasteiger partial charge in [0.15, 0.2) is 5.65 Å². The Bertz CT molecular complexity index is 2200. The molecule has 4 aromatic heterocycles. The van der Waals surface area contributed by atoms with Crippen molar-refractivity contribution in [2.24, 2.45) is 16.6 Å². The Kier molecular flexibility index (Phi) is 10.4. The molecule has 1 saturated heterocycles. The Hall–Kier alpha value is -6.10. The lowest BCUT2D eigenvalue weighted by Gasteiger charge is -2.33. The molecular formula is C37H44N12O5. The van der Waals surface area contributed by atoms with Crippen molar-refractivity contribution in [3.63, 3.8) is 0 Å². The Morgan fingerprint density at radius 1 is 1.00 bits per heavy atom. The number of primary amides is 1. The summed E-state index contributed by atoms with van der Waals surface area (Å²) < 4.78 is 16.8. The van der Waals surface area contributed by atoms with E-state index >= 15 is 0 Å². The third-order valence-corrected chi connectivity index (χ3v) is 9.51. The standard InChI is InChI=1S/C37H44N12O5/c1-5-48-28(16-22(3)44-48)34(51)42-36-41-27-18-25(32(38)50)19-30(54-15-11-24-20-53-21-24)31(27)46(36)13-7-8-14-47-33-26(10-9-12-39-33)40-37(47)43-35(52)29-17-23(4)45-49(29)6-2/h7-10,12,16-19,24,27,31H,5-6,11,13-15,20-21H2,1-4H3,(H2,38,50)(H,40,43,52)(H,41,42,51)/b8-7+. The van der Waals surface area contributed by atoms with Gasteiger partial charge in [0.05, 0.1) is 31.2 Å². The summed E-state index contributed by atoms with van der Waals surface area (Å²) in [6.45, 7) is 11.0. The summed E-state index contributed by atoms with van der Waals surface area (Å²) in [5.74, 6) is 0.307. The number of rotatable bonds is 14. The summed E-state index contributed by atoms with van der Waals surface area (Å²) in [5.41, 5.74) is 9.54. The quantitative estimate of drug-likeness (QED) is 0.162. The number of nitrogens with two attached hydrogens (primary N) is 1. The molecule has 17 heteroatoms. The zero-order valence-corrected chi connectivity index (χ0v) is 30.7. The molecule has 54 heavy (non-hydrogen) atoms. The van der Waals surface area contributed by atoms with Gasteiger partial charge < -0.3 is 20.1 Å². The summed E-state index contributed by atoms with van der Waals surface area (Å²) in [6, 6.07) is 6.09. The van der Waals surface area contributed by atoms with Crippen LogP contribution in [0.15, 0.2) is 71.1 Å². The molecule has 0 aromatic carbocycles. The average Bonchev–Trinajstić information content (AvgIpc) is 3.89. The van der Waals surface area contributed by atoms with E-state index in [1.54, 1.807) is 45.9 Å². The number of imidazole rings is 1. The minimum Gasteiger partial charge on any atom is -0.496 e. The number of aromatic nitrogens is 7. The lowest BCUT2D eigenvalue weighted by molar-refractivity contribution is -0.114. The van der Waals surface area contributed by atoms with Gasteiger partial charge in [-0.3, -0.25) is 38.9 Å². The van der Waals surface area contributed by atoms with Gasteiger partial charge >= 0.3 is 0 Å². The van der Waals surface area contributed by atoms with Crippen LogP contribution in [0.5, 0.6) is 0 Å². The molecule has 3 aliphatic rings. The SMILES string of the molecule is CCn1nc(C)cc1C(=O)NC1=NC2C=C(C(N)=O)C=C(OCCC3COC3)C2N1C/C=C/Cn1c(NC(=O)c2cc(C)nn2CC)nc2cccnc21. The molecule has 2 unspecified atom stereocenters. The molecule has 0 saturated carbocycles. The van der Waals surface area contributed by atoms with Gasteiger partial charge in [-0.25, -0.2) is 15.0 Å². The van der Waals surface area contributed by atoms with Crippen LogP contribution in [0, 0.1) is 19.8 Å². The van der Waals surface area contributed by atoms with Crippen LogP contribution in [0.4, 0.5) is 5.95 Å². The van der Waals surface area contributed by atoms with Gasteiger partial charge in [-0.2, -0.15) is 10.2 Å². The fourth-order valence-corrected chi connectivity index (χ4v) is 6.77. The zero-order valence-electron chi connectivity index (χ0n) is 30.7. The number of hydrogen-bond acceptors (Lipinski definition) is 11. The summed E-state index contributed by atoms with van der Waals surface area (Å²) >= 11 is 0. The van der Waals surface area contributed by atoms with E-state index in [0.717, 1.165) is 17.8 Å². The number of amides is 3. The van der Waals surface area contributed by atoms with Crippen LogP contribution in [-0.4, -0.2) is 101 Å². The monoisotopic (exact) mass is 736 g/mol. The summed E-state index contributed by atoms with van der Waals surface area (Å²) in [4.78, 5) is 55.5. The fraction of sp³-hybridized carbons (Fsp3) is 0.405. The highest BCUT2D eigenvalue weighted by Crippen LogP contribution is 2.32. The zero-order chi connectivity index (χ0) is 37.9. The van der Waals surface area contributed by atoms with Crippen LogP contribution in [-0.2, 0) is 33.9 Å². The molecule has 6 heterocycles. The van der Waals surface area contributed by atoms with Crippen LogP contribution in [0.2, 0.25) is 0 Å². The smallest absolute Gasteiger partial charge is 0.276 e. The van der Waals surface area contributed by atoms with Crippen LogP contribution in [0.25, 0.3) is 11.2 Å². The fourth-order valence-electron chi connectivity index (χ4n) is 6.77. The number of carbonyl (C=O) groups is 3. The van der Waals surface area contributed by atoms with Gasteiger partial charge in [0.2, 0.25) is 17.8 Å². The first kappa shape index (κ1) is 36.3. The lowest BCUT2D eigenvalue weighted by Crippen LogP contribution is -2.48. The van der Waals surface area contributed by atoms with E-state index in [1.165, 1.54) is 0 Å². The molecular weight excluding hydrogens is 692 g/mol. The third-order valence-electron chi connectivity index (χ3n) is 9.51. The van der Waals surface area contributed by atoms with Gasteiger partial charge in [-0.05, 0) is 70.5 Å². The van der Waals surface area contributed by atoms with Crippen molar-refractivity contribution in [2.45, 2.75) is 65.8 Å². The van der Waals surface area contributed by atoms with Crippen molar-refractivity contribution in [1.29, 1.82) is 0 Å². The van der Waals surface area contributed by atoms with E-state index in [4.69, 9.17) is 20.2 Å². The van der Waals surface area contributed by atoms with E-state index in [0.29, 0.717) is 92.1 Å². The summed E-state index contributed by atoms with van der Waals surface area (Å²) in [7, 11) is 0. The predicted octanol–water partition coefficient (Wildman–Crippen LogP) is 2.49. The molecule has 0 spiro atoms. The average molecular weight is 737 g/mol. The molecule has 2 aliphatic heterocycles. The van der Waals surface area contributed by atoms with Crippen molar-refractivity contribution in [3.8, 4) is 0 Å². The highest BCUT2D eigenvalue weighted by Gasteiger charge is 2.42. The number of ether oxygens (including phenoxy) is 2. The van der Waals surface area contributed by atoms with Crippen molar-refractivity contribution < 1.29 is 23.9 Å². The number of nitrogens with zero attached hydrogens (tertiary/aromatic N) is 9. The van der Waals surface area contributed by atoms with Gasteiger partial charge in [0.25, 0.3) is 11.8 Å². The first-order chi connectivity index (χ1) is 26.1. The number of guanidine groups is 1. The largest absolute Gasteiger partial charge is 0.496 e. The van der Waals surface area contributed by atoms with Gasteiger partial charge in [0, 0.05) is 43.9 Å². The maximum Gasteiger partial charge on any atom is 0.276 e. The van der Waals surface area contributed by atoms with Gasteiger partial charge in [-0.15, -0.1) is 0 Å². The number of hydrogen-bond donors (Lipinski definition) is 3. The van der Waals surface area contributed by atoms with E-state index in [-0.39, 0.29) is 17.4 Å². The number of pyridine rings is 1. The Morgan fingerprint density at radius 2 is 1.69 bits per heavy atom. The molecule has 0 radical (unpaired) electrons. The minimum absolute atomic E-state index is 0.288. The van der Waals surface area contributed by atoms with E-state index in [2.05, 4.69) is 30.8 Å². The Morgan fingerprint density at radius 3 is 2.33 bits per heavy atom. The van der Waals surface area contributed by atoms with Gasteiger partial charge in [0.1, 0.15) is 34.7 Å². The molecule has 282 valence electrons. The number of nitrogens with one attached hydrogen (secondary N) is 2. The lowest BCUT2D eigenvalue weighted by atomic mass is 9.95. The number of fused-ring (bicyclic) bond motifs is 2. The maximum absolute atomic E-state index is 13.7. The van der Waals surface area contributed by atoms with E-state index < -0.39 is 18.0 Å². The highest BCUT2D eigenvalue weighted by molar-refractivity contribution is 6.06. The van der Waals surface area contributed by atoms with Crippen LogP contribution < -0.4 is 16.4 Å². The summed E-state index contributed by atoms with van der Waals surface area (Å²) in [6.07, 6.45) is 9.72. The number of allylic oxidation sites excluding steroid dienone is 1. The van der Waals surface area contributed by atoms with E-state index in [1.807, 2.05) is 55.4 Å². The second-order valence-corrected chi connectivity index (χ2v) is 13.4. The third kappa shape index (κ3) is 7.39. The molecule has 4 aromatic rings. The minimum atomic E-state index is -0.596. The number of aliphatic imine (C=N–C) groups is 1. The van der Waals surface area contributed by atoms with Gasteiger partial charge in [-0.1, -0.05) is 12.2 Å². The summed E-state index contributed by atoms with van der Waals surface area (Å²) in [5, 5.41) is 14.8. The molecule has 17 nitrogen and oxygen atoms in total. The second kappa shape index (κ2) is 15.5. The first-order valence-corrected chi connectivity index (χ1v) is 18.1. The molecule has 1 fully saturated rings. The van der Waals surface area contributed by atoms with E-state index in [9.17, 15) is 14.4 Å². The normalized spacial score (nSPS) is 18.3. The molecule has 3 amide bonds. The maximum atomic E-state index is 13.7. The Labute approximate surface area is 311 Å². The molecule has 1 aliphatic carbocycles. The van der Waals surface area contributed by atoms with Crippen molar-refractivity contribution in [3.05, 3.63) is 88.9 Å².